The number of carbonyl (C=O) groups excluding carboxylic acids is 1. The number of halogens is 3. The third kappa shape index (κ3) is 5.15. The van der Waals surface area contributed by atoms with E-state index < -0.39 is 18.1 Å². The lowest BCUT2D eigenvalue weighted by Crippen LogP contribution is -2.62. The minimum atomic E-state index is -4.38. The first kappa shape index (κ1) is 21.5. The molecule has 7 heteroatoms. The highest BCUT2D eigenvalue weighted by atomic mass is 19.4. The van der Waals surface area contributed by atoms with E-state index in [4.69, 9.17) is 4.74 Å². The van der Waals surface area contributed by atoms with Crippen LogP contribution in [0.5, 0.6) is 5.75 Å². The number of ether oxygens (including phenoxy) is 1. The quantitative estimate of drug-likeness (QED) is 0.793. The number of carbonyl (C=O) groups is 1. The number of piperazine rings is 1. The maximum absolute atomic E-state index is 13.3. The van der Waals surface area contributed by atoms with Crippen LogP contribution >= 0.6 is 0 Å². The van der Waals surface area contributed by atoms with Gasteiger partial charge < -0.3 is 9.64 Å². The zero-order valence-corrected chi connectivity index (χ0v) is 16.9. The number of rotatable bonds is 3. The maximum Gasteiger partial charge on any atom is 0.405 e. The van der Waals surface area contributed by atoms with E-state index in [1.165, 1.54) is 16.8 Å². The largest absolute Gasteiger partial charge is 0.483 e. The smallest absolute Gasteiger partial charge is 0.405 e. The zero-order chi connectivity index (χ0) is 20.6. The maximum atomic E-state index is 13.3. The van der Waals surface area contributed by atoms with Crippen molar-refractivity contribution in [3.05, 3.63) is 29.3 Å². The van der Waals surface area contributed by atoms with Crippen molar-refractivity contribution < 1.29 is 22.7 Å². The monoisotopic (exact) mass is 386 g/mol. The molecular formula is C20H29F3N2O2. The molecule has 1 saturated heterocycles. The summed E-state index contributed by atoms with van der Waals surface area (Å²) in [6, 6.07) is 3.69. The van der Waals surface area contributed by atoms with Crippen LogP contribution in [0.4, 0.5) is 13.2 Å². The van der Waals surface area contributed by atoms with E-state index in [9.17, 15) is 18.0 Å². The highest BCUT2D eigenvalue weighted by Crippen LogP contribution is 2.32. The Hall–Kier alpha value is -1.76. The summed E-state index contributed by atoms with van der Waals surface area (Å²) in [5, 5.41) is 0. The zero-order valence-electron chi connectivity index (χ0n) is 16.9. The molecule has 1 aliphatic heterocycles. The fourth-order valence-corrected chi connectivity index (χ4v) is 3.29. The van der Waals surface area contributed by atoms with Gasteiger partial charge in [0, 0.05) is 19.1 Å². The molecule has 0 aliphatic carbocycles. The van der Waals surface area contributed by atoms with Gasteiger partial charge in [0.05, 0.1) is 0 Å². The van der Waals surface area contributed by atoms with Gasteiger partial charge in [0.1, 0.15) is 11.8 Å². The molecule has 0 bridgehead atoms. The van der Waals surface area contributed by atoms with Crippen LogP contribution < -0.4 is 4.74 Å². The van der Waals surface area contributed by atoms with Crippen molar-refractivity contribution in [1.82, 2.24) is 9.80 Å². The van der Waals surface area contributed by atoms with Crippen molar-refractivity contribution in [3.63, 3.8) is 0 Å². The van der Waals surface area contributed by atoms with Crippen molar-refractivity contribution in [2.75, 3.05) is 26.7 Å². The molecule has 0 radical (unpaired) electrons. The minimum Gasteiger partial charge on any atom is -0.483 e. The Kier molecular flexibility index (Phi) is 6.14. The molecule has 2 unspecified atom stereocenters. The Morgan fingerprint density at radius 3 is 2.41 bits per heavy atom. The molecule has 1 aliphatic rings. The number of benzene rings is 1. The summed E-state index contributed by atoms with van der Waals surface area (Å²) >= 11 is 0. The van der Waals surface area contributed by atoms with E-state index in [0.29, 0.717) is 5.75 Å². The predicted molar refractivity (Wildman–Crippen MR) is 99.0 cm³/mol. The molecule has 152 valence electrons. The summed E-state index contributed by atoms with van der Waals surface area (Å²) in [6.07, 6.45) is -4.38. The molecule has 1 aromatic carbocycles. The van der Waals surface area contributed by atoms with Crippen LogP contribution in [0.15, 0.2) is 18.2 Å². The van der Waals surface area contributed by atoms with Crippen LogP contribution in [-0.2, 0) is 10.2 Å². The highest BCUT2D eigenvalue weighted by Gasteiger charge is 2.47. The molecule has 1 amide bonds. The van der Waals surface area contributed by atoms with Crippen molar-refractivity contribution in [1.29, 1.82) is 0 Å². The summed E-state index contributed by atoms with van der Waals surface area (Å²) < 4.78 is 45.5. The van der Waals surface area contributed by atoms with Gasteiger partial charge in [-0.1, -0.05) is 38.5 Å². The summed E-state index contributed by atoms with van der Waals surface area (Å²) in [5.74, 6) is 0.167. The van der Waals surface area contributed by atoms with Crippen molar-refractivity contribution in [2.45, 2.75) is 58.3 Å². The molecule has 0 N–H and O–H groups in total. The van der Waals surface area contributed by atoms with Gasteiger partial charge in [-0.05, 0) is 37.9 Å². The molecule has 27 heavy (non-hydrogen) atoms. The van der Waals surface area contributed by atoms with Crippen molar-refractivity contribution >= 4 is 5.91 Å². The SMILES string of the molecule is Cc1ccc(OCC(=O)N2CC(C)N(C)C(C(F)(F)F)C2)c(C(C)(C)C)c1. The molecule has 1 fully saturated rings. The van der Waals surface area contributed by atoms with Crippen LogP contribution in [0.2, 0.25) is 0 Å². The number of alkyl halides is 3. The van der Waals surface area contributed by atoms with Gasteiger partial charge in [-0.3, -0.25) is 9.69 Å². The van der Waals surface area contributed by atoms with Gasteiger partial charge >= 0.3 is 6.18 Å². The molecule has 0 aromatic heterocycles. The van der Waals surface area contributed by atoms with E-state index >= 15 is 0 Å². The Bertz CT molecular complexity index is 683. The van der Waals surface area contributed by atoms with Gasteiger partial charge in [0.2, 0.25) is 0 Å². The number of hydrogen-bond acceptors (Lipinski definition) is 3. The van der Waals surface area contributed by atoms with Gasteiger partial charge in [-0.25, -0.2) is 0 Å². The number of likely N-dealkylation sites (N-methyl/N-ethyl adjacent to an activating group) is 1. The van der Waals surface area contributed by atoms with Crippen molar-refractivity contribution in [3.8, 4) is 5.75 Å². The molecular weight excluding hydrogens is 357 g/mol. The number of amides is 1. The fourth-order valence-electron chi connectivity index (χ4n) is 3.29. The molecule has 2 atom stereocenters. The third-order valence-corrected chi connectivity index (χ3v) is 5.09. The molecule has 1 aromatic rings. The average molecular weight is 386 g/mol. The van der Waals surface area contributed by atoms with Crippen LogP contribution in [0.25, 0.3) is 0 Å². The fraction of sp³-hybridized carbons (Fsp3) is 0.650. The second kappa shape index (κ2) is 7.70. The first-order chi connectivity index (χ1) is 12.3. The minimum absolute atomic E-state index is 0.172. The molecule has 1 heterocycles. The van der Waals surface area contributed by atoms with Crippen LogP contribution in [-0.4, -0.2) is 60.7 Å². The summed E-state index contributed by atoms with van der Waals surface area (Å²) in [6.45, 7) is 9.43. The highest BCUT2D eigenvalue weighted by molar-refractivity contribution is 5.78. The third-order valence-electron chi connectivity index (χ3n) is 5.09. The van der Waals surface area contributed by atoms with Gasteiger partial charge in [-0.15, -0.1) is 0 Å². The lowest BCUT2D eigenvalue weighted by atomic mass is 9.85. The number of nitrogens with zero attached hydrogens (tertiary/aromatic N) is 2. The number of hydrogen-bond donors (Lipinski definition) is 0. The first-order valence-electron chi connectivity index (χ1n) is 9.11. The topological polar surface area (TPSA) is 32.8 Å². The molecule has 0 spiro atoms. The summed E-state index contributed by atoms with van der Waals surface area (Å²) in [7, 11) is 1.45. The van der Waals surface area contributed by atoms with E-state index in [1.807, 2.05) is 45.9 Å². The average Bonchev–Trinajstić information content (AvgIpc) is 2.53. The van der Waals surface area contributed by atoms with Crippen molar-refractivity contribution in [2.24, 2.45) is 0 Å². The molecule has 0 saturated carbocycles. The van der Waals surface area contributed by atoms with Gasteiger partial charge in [0.25, 0.3) is 5.91 Å². The van der Waals surface area contributed by atoms with E-state index in [-0.39, 0.29) is 31.2 Å². The van der Waals surface area contributed by atoms with Crippen LogP contribution in [0.3, 0.4) is 0 Å². The Labute approximate surface area is 159 Å². The molecule has 4 nitrogen and oxygen atoms in total. The Morgan fingerprint density at radius 2 is 1.85 bits per heavy atom. The second-order valence-electron chi connectivity index (χ2n) is 8.41. The van der Waals surface area contributed by atoms with Crippen LogP contribution in [0, 0.1) is 6.92 Å². The summed E-state index contributed by atoms with van der Waals surface area (Å²) in [5.41, 5.74) is 1.88. The second-order valence-corrected chi connectivity index (χ2v) is 8.41. The Morgan fingerprint density at radius 1 is 1.22 bits per heavy atom. The Balaban J connectivity index is 2.10. The van der Waals surface area contributed by atoms with Gasteiger partial charge in [0.15, 0.2) is 6.61 Å². The normalized spacial score (nSPS) is 22.0. The summed E-state index contributed by atoms with van der Waals surface area (Å²) in [4.78, 5) is 15.1. The van der Waals surface area contributed by atoms with Crippen LogP contribution in [0.1, 0.15) is 38.8 Å². The van der Waals surface area contributed by atoms with E-state index in [1.54, 1.807) is 6.92 Å². The lowest BCUT2D eigenvalue weighted by molar-refractivity contribution is -0.201. The predicted octanol–water partition coefficient (Wildman–Crippen LogP) is 3.76. The van der Waals surface area contributed by atoms with E-state index in [2.05, 4.69) is 0 Å². The van der Waals surface area contributed by atoms with Gasteiger partial charge in [-0.2, -0.15) is 13.2 Å². The lowest BCUT2D eigenvalue weighted by Gasteiger charge is -2.44. The first-order valence-corrected chi connectivity index (χ1v) is 9.11. The molecule has 2 rings (SSSR count). The van der Waals surface area contributed by atoms with E-state index in [0.717, 1.165) is 11.1 Å². The number of aryl methyl sites for hydroxylation is 1. The standard InChI is InChI=1S/C20H29F3N2O2/c1-13-7-8-16(15(9-13)19(3,4)5)27-12-18(26)25-10-14(2)24(6)17(11-25)20(21,22)23/h7-9,14,17H,10-12H2,1-6H3.